The number of carbonyl (C=O) groups is 1. The Balaban J connectivity index is 1.46. The Labute approximate surface area is 126 Å². The average Bonchev–Trinajstić information content (AvgIpc) is 3.05. The van der Waals surface area contributed by atoms with E-state index in [-0.39, 0.29) is 0 Å². The minimum atomic E-state index is 0.333. The lowest BCUT2D eigenvalue weighted by atomic mass is 9.83. The van der Waals surface area contributed by atoms with Gasteiger partial charge in [-0.1, -0.05) is 11.6 Å². The van der Waals surface area contributed by atoms with Crippen molar-refractivity contribution in [2.45, 2.75) is 46.1 Å². The summed E-state index contributed by atoms with van der Waals surface area (Å²) < 4.78 is 2.12. The van der Waals surface area contributed by atoms with E-state index in [2.05, 4.69) is 27.5 Å². The highest BCUT2D eigenvalue weighted by atomic mass is 16.2. The molecule has 2 aliphatic rings. The molecule has 1 aliphatic carbocycles. The lowest BCUT2D eigenvalue weighted by molar-refractivity contribution is -0.130. The van der Waals surface area contributed by atoms with Crippen molar-refractivity contribution in [2.24, 2.45) is 11.8 Å². The van der Waals surface area contributed by atoms with Crippen molar-refractivity contribution in [1.29, 1.82) is 0 Å². The predicted molar refractivity (Wildman–Crippen MR) is 82.7 cm³/mol. The SMILES string of the molecule is CC1=CC[C@@H]2CN(C(=O)CCCn3ccnc3C)C[C@@H]2C1. The quantitative estimate of drug-likeness (QED) is 0.799. The second-order valence-corrected chi connectivity index (χ2v) is 6.58. The van der Waals surface area contributed by atoms with E-state index in [9.17, 15) is 4.79 Å². The monoisotopic (exact) mass is 287 g/mol. The van der Waals surface area contributed by atoms with E-state index in [1.165, 1.54) is 12.0 Å². The largest absolute Gasteiger partial charge is 0.342 e. The molecular formula is C17H25N3O. The Morgan fingerprint density at radius 1 is 1.33 bits per heavy atom. The first-order valence-corrected chi connectivity index (χ1v) is 8.04. The molecule has 2 heterocycles. The normalized spacial score (nSPS) is 24.9. The molecule has 0 bridgehead atoms. The maximum Gasteiger partial charge on any atom is 0.222 e. The zero-order valence-electron chi connectivity index (χ0n) is 13.1. The van der Waals surface area contributed by atoms with Gasteiger partial charge in [-0.25, -0.2) is 4.98 Å². The predicted octanol–water partition coefficient (Wildman–Crippen LogP) is 2.79. The molecule has 4 nitrogen and oxygen atoms in total. The summed E-state index contributed by atoms with van der Waals surface area (Å²) >= 11 is 0. The second kappa shape index (κ2) is 6.04. The summed E-state index contributed by atoms with van der Waals surface area (Å²) in [5.41, 5.74) is 1.50. The summed E-state index contributed by atoms with van der Waals surface area (Å²) in [5, 5.41) is 0. The van der Waals surface area contributed by atoms with Gasteiger partial charge in [-0.2, -0.15) is 0 Å². The number of amides is 1. The first-order chi connectivity index (χ1) is 10.1. The lowest BCUT2D eigenvalue weighted by Gasteiger charge is -2.21. The molecule has 1 aromatic rings. The van der Waals surface area contributed by atoms with Gasteiger partial charge in [-0.05, 0) is 44.9 Å². The fourth-order valence-electron chi connectivity index (χ4n) is 3.69. The van der Waals surface area contributed by atoms with E-state index < -0.39 is 0 Å². The maximum atomic E-state index is 12.4. The molecule has 0 N–H and O–H groups in total. The summed E-state index contributed by atoms with van der Waals surface area (Å²) in [6, 6.07) is 0. The number of rotatable bonds is 4. The summed E-state index contributed by atoms with van der Waals surface area (Å²) in [7, 11) is 0. The van der Waals surface area contributed by atoms with Crippen LogP contribution in [0.2, 0.25) is 0 Å². The number of allylic oxidation sites excluding steroid dienone is 2. The summed E-state index contributed by atoms with van der Waals surface area (Å²) in [6.07, 6.45) is 10.1. The number of nitrogens with zero attached hydrogens (tertiary/aromatic N) is 3. The number of carbonyl (C=O) groups excluding carboxylic acids is 1. The van der Waals surface area contributed by atoms with E-state index in [0.29, 0.717) is 24.2 Å². The van der Waals surface area contributed by atoms with Gasteiger partial charge in [0.05, 0.1) is 0 Å². The first-order valence-electron chi connectivity index (χ1n) is 8.04. The third-order valence-electron chi connectivity index (χ3n) is 5.00. The van der Waals surface area contributed by atoms with Gasteiger partial charge in [-0.3, -0.25) is 4.79 Å². The number of imidazole rings is 1. The third kappa shape index (κ3) is 3.20. The van der Waals surface area contributed by atoms with Crippen LogP contribution in [0.3, 0.4) is 0 Å². The van der Waals surface area contributed by atoms with Gasteiger partial charge in [0.2, 0.25) is 5.91 Å². The van der Waals surface area contributed by atoms with E-state index in [1.807, 2.05) is 19.3 Å². The molecule has 1 aromatic heterocycles. The van der Waals surface area contributed by atoms with Crippen LogP contribution < -0.4 is 0 Å². The van der Waals surface area contributed by atoms with E-state index in [0.717, 1.165) is 38.3 Å². The molecule has 3 rings (SSSR count). The Morgan fingerprint density at radius 3 is 2.90 bits per heavy atom. The minimum Gasteiger partial charge on any atom is -0.342 e. The van der Waals surface area contributed by atoms with Crippen LogP contribution in [-0.2, 0) is 11.3 Å². The molecule has 1 saturated heterocycles. The van der Waals surface area contributed by atoms with Crippen molar-refractivity contribution in [3.05, 3.63) is 29.9 Å². The molecule has 0 unspecified atom stereocenters. The minimum absolute atomic E-state index is 0.333. The van der Waals surface area contributed by atoms with E-state index in [4.69, 9.17) is 0 Å². The van der Waals surface area contributed by atoms with Crippen LogP contribution in [-0.4, -0.2) is 33.4 Å². The molecule has 1 fully saturated rings. The zero-order chi connectivity index (χ0) is 14.8. The molecule has 1 amide bonds. The highest BCUT2D eigenvalue weighted by molar-refractivity contribution is 5.76. The van der Waals surface area contributed by atoms with Crippen molar-refractivity contribution in [3.8, 4) is 0 Å². The smallest absolute Gasteiger partial charge is 0.222 e. The molecule has 21 heavy (non-hydrogen) atoms. The van der Waals surface area contributed by atoms with Gasteiger partial charge in [0.15, 0.2) is 0 Å². The third-order valence-corrected chi connectivity index (χ3v) is 5.00. The Kier molecular flexibility index (Phi) is 4.13. The van der Waals surface area contributed by atoms with Crippen LogP contribution in [0.25, 0.3) is 0 Å². The lowest BCUT2D eigenvalue weighted by Crippen LogP contribution is -2.29. The highest BCUT2D eigenvalue weighted by Gasteiger charge is 2.35. The van der Waals surface area contributed by atoms with Crippen LogP contribution in [0.1, 0.15) is 38.4 Å². The first kappa shape index (κ1) is 14.4. The van der Waals surface area contributed by atoms with Crippen LogP contribution >= 0.6 is 0 Å². The van der Waals surface area contributed by atoms with Gasteiger partial charge in [0.1, 0.15) is 5.82 Å². The topological polar surface area (TPSA) is 38.1 Å². The molecular weight excluding hydrogens is 262 g/mol. The van der Waals surface area contributed by atoms with Crippen LogP contribution in [0, 0.1) is 18.8 Å². The molecule has 0 radical (unpaired) electrons. The Hall–Kier alpha value is -1.58. The van der Waals surface area contributed by atoms with Crippen molar-refractivity contribution in [1.82, 2.24) is 14.5 Å². The molecule has 0 spiro atoms. The van der Waals surface area contributed by atoms with E-state index in [1.54, 1.807) is 0 Å². The standard InChI is InChI=1S/C17H25N3O/c1-13-5-6-15-11-20(12-16(15)10-13)17(21)4-3-8-19-9-7-18-14(19)2/h5,7,9,15-16H,3-4,6,8,10-12H2,1-2H3/t15-,16+/m1/s1. The Bertz CT molecular complexity index is 546. The summed E-state index contributed by atoms with van der Waals surface area (Å²) in [4.78, 5) is 18.7. The molecule has 2 atom stereocenters. The van der Waals surface area contributed by atoms with Crippen molar-refractivity contribution < 1.29 is 4.79 Å². The number of hydrogen-bond donors (Lipinski definition) is 0. The number of likely N-dealkylation sites (tertiary alicyclic amines) is 1. The van der Waals surface area contributed by atoms with Gasteiger partial charge in [0.25, 0.3) is 0 Å². The van der Waals surface area contributed by atoms with Gasteiger partial charge in [-0.15, -0.1) is 0 Å². The highest BCUT2D eigenvalue weighted by Crippen LogP contribution is 2.35. The fourth-order valence-corrected chi connectivity index (χ4v) is 3.69. The molecule has 0 saturated carbocycles. The maximum absolute atomic E-state index is 12.4. The number of fused-ring (bicyclic) bond motifs is 1. The van der Waals surface area contributed by atoms with Crippen LogP contribution in [0.15, 0.2) is 24.0 Å². The average molecular weight is 287 g/mol. The fraction of sp³-hybridized carbons (Fsp3) is 0.647. The van der Waals surface area contributed by atoms with E-state index >= 15 is 0 Å². The van der Waals surface area contributed by atoms with Crippen molar-refractivity contribution in [3.63, 3.8) is 0 Å². The Morgan fingerprint density at radius 2 is 2.14 bits per heavy atom. The van der Waals surface area contributed by atoms with Crippen LogP contribution in [0.4, 0.5) is 0 Å². The number of aromatic nitrogens is 2. The zero-order valence-corrected chi connectivity index (χ0v) is 13.1. The van der Waals surface area contributed by atoms with Crippen LogP contribution in [0.5, 0.6) is 0 Å². The molecule has 114 valence electrons. The number of aryl methyl sites for hydroxylation is 2. The summed E-state index contributed by atoms with van der Waals surface area (Å²) in [6.45, 7) is 7.05. The molecule has 4 heteroatoms. The number of hydrogen-bond acceptors (Lipinski definition) is 2. The van der Waals surface area contributed by atoms with Crippen molar-refractivity contribution >= 4 is 5.91 Å². The van der Waals surface area contributed by atoms with Gasteiger partial charge in [0, 0.05) is 38.4 Å². The van der Waals surface area contributed by atoms with Crippen molar-refractivity contribution in [2.75, 3.05) is 13.1 Å². The second-order valence-electron chi connectivity index (χ2n) is 6.58. The summed E-state index contributed by atoms with van der Waals surface area (Å²) in [5.74, 6) is 2.76. The van der Waals surface area contributed by atoms with Gasteiger partial charge < -0.3 is 9.47 Å². The molecule has 0 aromatic carbocycles. The van der Waals surface area contributed by atoms with Gasteiger partial charge >= 0.3 is 0 Å². The molecule has 1 aliphatic heterocycles.